The van der Waals surface area contributed by atoms with Crippen molar-refractivity contribution in [2.24, 2.45) is 0 Å². The monoisotopic (exact) mass is 482 g/mol. The van der Waals surface area contributed by atoms with Gasteiger partial charge in [0.25, 0.3) is 11.8 Å². The summed E-state index contributed by atoms with van der Waals surface area (Å²) in [7, 11) is 0. The predicted octanol–water partition coefficient (Wildman–Crippen LogP) is 4.45. The number of rotatable bonds is 7. The molecule has 6 nitrogen and oxygen atoms in total. The molecule has 2 aromatic carbocycles. The van der Waals surface area contributed by atoms with E-state index >= 15 is 0 Å². The zero-order valence-electron chi connectivity index (χ0n) is 16.8. The Morgan fingerprint density at radius 1 is 1.00 bits per heavy atom. The van der Waals surface area contributed by atoms with Crippen LogP contribution in [0, 0.1) is 13.8 Å². The van der Waals surface area contributed by atoms with Gasteiger partial charge in [-0.15, -0.1) is 0 Å². The van der Waals surface area contributed by atoms with Gasteiger partial charge in [0, 0.05) is 5.02 Å². The van der Waals surface area contributed by atoms with Gasteiger partial charge in [0.1, 0.15) is 11.5 Å². The van der Waals surface area contributed by atoms with Crippen molar-refractivity contribution in [1.29, 1.82) is 0 Å². The molecule has 156 valence electrons. The van der Waals surface area contributed by atoms with Crippen LogP contribution < -0.4 is 20.3 Å². The number of carbonyl (C=O) groups is 2. The fourth-order valence-electron chi connectivity index (χ4n) is 2.49. The molecule has 0 aliphatic rings. The molecule has 2 N–H and O–H groups in total. The maximum Gasteiger partial charge on any atom is 0.276 e. The largest absolute Gasteiger partial charge is 0.484 e. The number of halogens is 2. The van der Waals surface area contributed by atoms with Crippen LogP contribution in [-0.4, -0.2) is 25.0 Å². The van der Waals surface area contributed by atoms with E-state index in [9.17, 15) is 9.59 Å². The lowest BCUT2D eigenvalue weighted by Crippen LogP contribution is -2.45. The van der Waals surface area contributed by atoms with E-state index in [1.807, 2.05) is 26.0 Å². The smallest absolute Gasteiger partial charge is 0.276 e. The summed E-state index contributed by atoms with van der Waals surface area (Å²) in [4.78, 5) is 23.7. The number of hydrazine groups is 1. The van der Waals surface area contributed by atoms with Gasteiger partial charge in [-0.05, 0) is 76.7 Å². The highest BCUT2D eigenvalue weighted by Crippen LogP contribution is 2.29. The molecule has 0 saturated heterocycles. The summed E-state index contributed by atoms with van der Waals surface area (Å²) in [6.45, 7) is 7.42. The van der Waals surface area contributed by atoms with Crippen LogP contribution in [0.5, 0.6) is 11.5 Å². The summed E-state index contributed by atoms with van der Waals surface area (Å²) in [5, 5.41) is 0.666. The second kappa shape index (κ2) is 10.5. The van der Waals surface area contributed by atoms with Crippen molar-refractivity contribution in [3.8, 4) is 11.5 Å². The Bertz CT molecular complexity index is 879. The third kappa shape index (κ3) is 6.94. The van der Waals surface area contributed by atoms with Crippen LogP contribution in [0.4, 0.5) is 0 Å². The molecule has 29 heavy (non-hydrogen) atoms. The average molecular weight is 484 g/mol. The molecule has 0 unspecified atom stereocenters. The van der Waals surface area contributed by atoms with E-state index in [0.29, 0.717) is 22.4 Å². The number of benzene rings is 2. The lowest BCUT2D eigenvalue weighted by atomic mass is 10.0. The summed E-state index contributed by atoms with van der Waals surface area (Å²) in [5.74, 6) is 0.487. The van der Waals surface area contributed by atoms with Crippen molar-refractivity contribution in [3.63, 3.8) is 0 Å². The van der Waals surface area contributed by atoms with Gasteiger partial charge in [-0.2, -0.15) is 0 Å². The zero-order valence-corrected chi connectivity index (χ0v) is 19.1. The SMILES string of the molecule is Cc1cc(OCC(=O)NNC(=O)COc2ccc(C(C)C)cc2Br)cc(C)c1Cl. The molecular weight excluding hydrogens is 460 g/mol. The molecule has 0 atom stereocenters. The minimum absolute atomic E-state index is 0.240. The third-order valence-electron chi connectivity index (χ3n) is 4.10. The summed E-state index contributed by atoms with van der Waals surface area (Å²) in [6.07, 6.45) is 0. The number of hydrogen-bond acceptors (Lipinski definition) is 4. The van der Waals surface area contributed by atoms with Crippen molar-refractivity contribution in [3.05, 3.63) is 56.5 Å². The molecule has 0 heterocycles. The van der Waals surface area contributed by atoms with Crippen molar-refractivity contribution in [2.45, 2.75) is 33.6 Å². The second-order valence-electron chi connectivity index (χ2n) is 6.89. The first kappa shape index (κ1) is 23.0. The number of carbonyl (C=O) groups excluding carboxylic acids is 2. The minimum Gasteiger partial charge on any atom is -0.484 e. The average Bonchev–Trinajstić information content (AvgIpc) is 2.67. The molecule has 0 aromatic heterocycles. The van der Waals surface area contributed by atoms with E-state index in [1.165, 1.54) is 0 Å². The van der Waals surface area contributed by atoms with Gasteiger partial charge >= 0.3 is 0 Å². The standard InChI is InChI=1S/C21H24BrClN2O4/c1-12(2)15-5-6-18(17(22)9-15)29-11-20(27)25-24-19(26)10-28-16-7-13(3)21(23)14(4)8-16/h5-9,12H,10-11H2,1-4H3,(H,24,26)(H,25,27). The molecule has 0 spiro atoms. The number of hydrogen-bond donors (Lipinski definition) is 2. The first-order valence-electron chi connectivity index (χ1n) is 9.07. The summed E-state index contributed by atoms with van der Waals surface area (Å²) in [6, 6.07) is 9.20. The quantitative estimate of drug-likeness (QED) is 0.571. The van der Waals surface area contributed by atoms with Gasteiger partial charge in [0.05, 0.1) is 4.47 Å². The van der Waals surface area contributed by atoms with Crippen LogP contribution in [-0.2, 0) is 9.59 Å². The maximum atomic E-state index is 11.9. The van der Waals surface area contributed by atoms with Gasteiger partial charge in [0.2, 0.25) is 0 Å². The van der Waals surface area contributed by atoms with Crippen LogP contribution in [0.15, 0.2) is 34.8 Å². The molecule has 0 bridgehead atoms. The first-order chi connectivity index (χ1) is 13.7. The van der Waals surface area contributed by atoms with E-state index < -0.39 is 11.8 Å². The van der Waals surface area contributed by atoms with Gasteiger partial charge in [-0.1, -0.05) is 31.5 Å². The molecule has 0 aliphatic heterocycles. The Kier molecular flexibility index (Phi) is 8.34. The molecule has 0 aliphatic carbocycles. The molecule has 2 aromatic rings. The predicted molar refractivity (Wildman–Crippen MR) is 116 cm³/mol. The fraction of sp³-hybridized carbons (Fsp3) is 0.333. The van der Waals surface area contributed by atoms with Crippen LogP contribution >= 0.6 is 27.5 Å². The molecule has 2 amide bonds. The Balaban J connectivity index is 1.75. The molecule has 0 radical (unpaired) electrons. The van der Waals surface area contributed by atoms with E-state index in [4.69, 9.17) is 21.1 Å². The Morgan fingerprint density at radius 3 is 2.07 bits per heavy atom. The molecule has 2 rings (SSSR count). The normalized spacial score (nSPS) is 10.6. The van der Waals surface area contributed by atoms with Crippen LogP contribution in [0.25, 0.3) is 0 Å². The van der Waals surface area contributed by atoms with Crippen LogP contribution in [0.3, 0.4) is 0 Å². The molecule has 0 saturated carbocycles. The second-order valence-corrected chi connectivity index (χ2v) is 8.12. The van der Waals surface area contributed by atoms with Gasteiger partial charge < -0.3 is 9.47 Å². The number of aryl methyl sites for hydroxylation is 2. The Morgan fingerprint density at radius 2 is 1.55 bits per heavy atom. The highest BCUT2D eigenvalue weighted by molar-refractivity contribution is 9.10. The van der Waals surface area contributed by atoms with E-state index in [1.54, 1.807) is 18.2 Å². The molecular formula is C21H24BrClN2O4. The van der Waals surface area contributed by atoms with E-state index in [2.05, 4.69) is 40.6 Å². The first-order valence-corrected chi connectivity index (χ1v) is 10.2. The lowest BCUT2D eigenvalue weighted by molar-refractivity contribution is -0.131. The Labute approximate surface area is 184 Å². The van der Waals surface area contributed by atoms with Crippen molar-refractivity contribution >= 4 is 39.3 Å². The summed E-state index contributed by atoms with van der Waals surface area (Å²) >= 11 is 9.54. The highest BCUT2D eigenvalue weighted by atomic mass is 79.9. The van der Waals surface area contributed by atoms with Gasteiger partial charge in [-0.3, -0.25) is 20.4 Å². The number of ether oxygens (including phenoxy) is 2. The van der Waals surface area contributed by atoms with Gasteiger partial charge in [0.15, 0.2) is 13.2 Å². The fourth-order valence-corrected chi connectivity index (χ4v) is 3.11. The topological polar surface area (TPSA) is 76.7 Å². The van der Waals surface area contributed by atoms with Crippen molar-refractivity contribution in [2.75, 3.05) is 13.2 Å². The van der Waals surface area contributed by atoms with Crippen molar-refractivity contribution in [1.82, 2.24) is 10.9 Å². The lowest BCUT2D eigenvalue weighted by Gasteiger charge is -2.12. The number of amides is 2. The summed E-state index contributed by atoms with van der Waals surface area (Å²) < 4.78 is 11.7. The van der Waals surface area contributed by atoms with Crippen LogP contribution in [0.1, 0.15) is 36.5 Å². The number of nitrogens with one attached hydrogen (secondary N) is 2. The van der Waals surface area contributed by atoms with E-state index in [0.717, 1.165) is 21.2 Å². The molecule has 8 heteroatoms. The molecule has 0 fully saturated rings. The Hall–Kier alpha value is -2.25. The van der Waals surface area contributed by atoms with E-state index in [-0.39, 0.29) is 13.2 Å². The highest BCUT2D eigenvalue weighted by Gasteiger charge is 2.10. The van der Waals surface area contributed by atoms with Crippen LogP contribution in [0.2, 0.25) is 5.02 Å². The van der Waals surface area contributed by atoms with Crippen molar-refractivity contribution < 1.29 is 19.1 Å². The zero-order chi connectivity index (χ0) is 21.6. The maximum absolute atomic E-state index is 11.9. The van der Waals surface area contributed by atoms with Gasteiger partial charge in [-0.25, -0.2) is 0 Å². The third-order valence-corrected chi connectivity index (χ3v) is 5.32. The summed E-state index contributed by atoms with van der Waals surface area (Å²) in [5.41, 5.74) is 7.46. The minimum atomic E-state index is -0.494.